The zero-order valence-corrected chi connectivity index (χ0v) is 16.1. The first-order valence-electron chi connectivity index (χ1n) is 8.33. The predicted octanol–water partition coefficient (Wildman–Crippen LogP) is 3.33. The number of hydrogen-bond acceptors (Lipinski definition) is 6. The van der Waals surface area contributed by atoms with Gasteiger partial charge in [0.1, 0.15) is 5.75 Å². The van der Waals surface area contributed by atoms with Gasteiger partial charge in [0.15, 0.2) is 5.13 Å². The Morgan fingerprint density at radius 1 is 1.32 bits per heavy atom. The van der Waals surface area contributed by atoms with Gasteiger partial charge in [-0.25, -0.2) is 13.4 Å². The number of anilines is 1. The summed E-state index contributed by atoms with van der Waals surface area (Å²) in [5.74, 6) is 0.617. The molecule has 1 aromatic carbocycles. The molecule has 136 valence electrons. The lowest BCUT2D eigenvalue weighted by Gasteiger charge is -2.32. The van der Waals surface area contributed by atoms with Crippen LogP contribution >= 0.6 is 11.3 Å². The van der Waals surface area contributed by atoms with Crippen molar-refractivity contribution in [2.24, 2.45) is 0 Å². The van der Waals surface area contributed by atoms with Crippen LogP contribution in [0.15, 0.2) is 35.4 Å². The summed E-state index contributed by atoms with van der Waals surface area (Å²) in [6.45, 7) is 4.16. The van der Waals surface area contributed by atoms with Crippen molar-refractivity contribution in [1.29, 1.82) is 0 Å². The molecule has 3 rings (SSSR count). The van der Waals surface area contributed by atoms with Gasteiger partial charge < -0.3 is 4.74 Å². The van der Waals surface area contributed by atoms with Crippen LogP contribution in [0.1, 0.15) is 31.1 Å². The maximum absolute atomic E-state index is 12.5. The van der Waals surface area contributed by atoms with E-state index in [1.54, 1.807) is 25.4 Å². The van der Waals surface area contributed by atoms with Gasteiger partial charge in [0.25, 0.3) is 10.0 Å². The molecule has 2 aromatic rings. The Bertz CT molecular complexity index is 803. The van der Waals surface area contributed by atoms with Crippen molar-refractivity contribution < 1.29 is 13.2 Å². The third-order valence-corrected chi connectivity index (χ3v) is 6.83. The monoisotopic (exact) mass is 381 g/mol. The normalized spacial score (nSPS) is 18.9. The van der Waals surface area contributed by atoms with Gasteiger partial charge in [-0.2, -0.15) is 0 Å². The van der Waals surface area contributed by atoms with Gasteiger partial charge in [-0.15, -0.1) is 0 Å². The minimum Gasteiger partial charge on any atom is -0.497 e. The molecular formula is C17H23N3O3S2. The molecule has 1 fully saturated rings. The number of benzene rings is 1. The van der Waals surface area contributed by atoms with Crippen LogP contribution in [0.25, 0.3) is 0 Å². The largest absolute Gasteiger partial charge is 0.497 e. The zero-order valence-electron chi connectivity index (χ0n) is 14.4. The standard InChI is InChI=1S/C17H23N3O3S2/c1-13-5-3-4-10-20(13)12-15-11-18-17(24-15)19-25(21,22)16-8-6-14(23-2)7-9-16/h6-9,11,13H,3-5,10,12H2,1-2H3,(H,18,19). The Balaban J connectivity index is 1.67. The highest BCUT2D eigenvalue weighted by Crippen LogP contribution is 2.26. The van der Waals surface area contributed by atoms with Crippen molar-refractivity contribution in [2.45, 2.75) is 43.7 Å². The maximum Gasteiger partial charge on any atom is 0.263 e. The van der Waals surface area contributed by atoms with Gasteiger partial charge in [-0.1, -0.05) is 17.8 Å². The number of nitrogens with zero attached hydrogens (tertiary/aromatic N) is 2. The molecule has 1 unspecified atom stereocenters. The van der Waals surface area contributed by atoms with Gasteiger partial charge in [0, 0.05) is 23.7 Å². The highest BCUT2D eigenvalue weighted by molar-refractivity contribution is 7.93. The molecule has 25 heavy (non-hydrogen) atoms. The van der Waals surface area contributed by atoms with Crippen molar-refractivity contribution in [3.8, 4) is 5.75 Å². The first kappa shape index (κ1) is 18.2. The Labute approximate surface area is 152 Å². The molecule has 1 atom stereocenters. The molecular weight excluding hydrogens is 358 g/mol. The minimum absolute atomic E-state index is 0.190. The molecule has 1 saturated heterocycles. The van der Waals surface area contributed by atoms with Crippen molar-refractivity contribution >= 4 is 26.5 Å². The molecule has 2 heterocycles. The lowest BCUT2D eigenvalue weighted by molar-refractivity contribution is 0.154. The van der Waals surface area contributed by atoms with Crippen LogP contribution in [0.2, 0.25) is 0 Å². The van der Waals surface area contributed by atoms with E-state index in [2.05, 4.69) is 21.5 Å². The minimum atomic E-state index is -3.64. The van der Waals surface area contributed by atoms with E-state index in [4.69, 9.17) is 4.74 Å². The van der Waals surface area contributed by atoms with Gasteiger partial charge >= 0.3 is 0 Å². The molecule has 0 saturated carbocycles. The molecule has 6 nitrogen and oxygen atoms in total. The Kier molecular flexibility index (Phi) is 5.61. The second kappa shape index (κ2) is 7.72. The summed E-state index contributed by atoms with van der Waals surface area (Å²) in [6, 6.07) is 6.85. The first-order chi connectivity index (χ1) is 12.0. The van der Waals surface area contributed by atoms with Crippen LogP contribution in [-0.4, -0.2) is 38.0 Å². The summed E-state index contributed by atoms with van der Waals surface area (Å²) in [4.78, 5) is 7.92. The van der Waals surface area contributed by atoms with Gasteiger partial charge in [-0.3, -0.25) is 9.62 Å². The summed E-state index contributed by atoms with van der Waals surface area (Å²) in [5, 5.41) is 0.399. The molecule has 0 radical (unpaired) electrons. The molecule has 1 N–H and O–H groups in total. The van der Waals surface area contributed by atoms with E-state index in [1.807, 2.05) is 0 Å². The highest BCUT2D eigenvalue weighted by Gasteiger charge is 2.20. The lowest BCUT2D eigenvalue weighted by atomic mass is 10.0. The fourth-order valence-electron chi connectivity index (χ4n) is 2.95. The van der Waals surface area contributed by atoms with E-state index < -0.39 is 10.0 Å². The fraction of sp³-hybridized carbons (Fsp3) is 0.471. The number of hydrogen-bond donors (Lipinski definition) is 1. The summed E-state index contributed by atoms with van der Waals surface area (Å²) in [6.07, 6.45) is 5.49. The number of nitrogens with one attached hydrogen (secondary N) is 1. The van der Waals surface area contributed by atoms with E-state index in [1.165, 1.54) is 42.7 Å². The summed E-state index contributed by atoms with van der Waals surface area (Å²) < 4.78 is 32.5. The molecule has 0 spiro atoms. The third-order valence-electron chi connectivity index (χ3n) is 4.44. The van der Waals surface area contributed by atoms with Crippen LogP contribution < -0.4 is 9.46 Å². The fourth-order valence-corrected chi connectivity index (χ4v) is 5.03. The summed E-state index contributed by atoms with van der Waals surface area (Å²) in [7, 11) is -2.10. The van der Waals surface area contributed by atoms with E-state index in [9.17, 15) is 8.42 Å². The Morgan fingerprint density at radius 3 is 2.76 bits per heavy atom. The van der Waals surface area contributed by atoms with Crippen LogP contribution in [0, 0.1) is 0 Å². The molecule has 1 aromatic heterocycles. The molecule has 1 aliphatic rings. The average molecular weight is 382 g/mol. The number of ether oxygens (including phenoxy) is 1. The molecule has 0 bridgehead atoms. The van der Waals surface area contributed by atoms with E-state index in [-0.39, 0.29) is 4.90 Å². The lowest BCUT2D eigenvalue weighted by Crippen LogP contribution is -2.36. The van der Waals surface area contributed by atoms with Crippen molar-refractivity contribution in [3.63, 3.8) is 0 Å². The second-order valence-electron chi connectivity index (χ2n) is 6.23. The van der Waals surface area contributed by atoms with E-state index in [0.717, 1.165) is 18.0 Å². The molecule has 0 amide bonds. The Hall–Kier alpha value is -1.64. The number of piperidine rings is 1. The maximum atomic E-state index is 12.5. The number of likely N-dealkylation sites (tertiary alicyclic amines) is 1. The summed E-state index contributed by atoms with van der Waals surface area (Å²) >= 11 is 1.39. The average Bonchev–Trinajstić information content (AvgIpc) is 3.03. The van der Waals surface area contributed by atoms with Crippen LogP contribution in [-0.2, 0) is 16.6 Å². The number of aromatic nitrogens is 1. The molecule has 8 heteroatoms. The second-order valence-corrected chi connectivity index (χ2v) is 9.03. The van der Waals surface area contributed by atoms with Crippen LogP contribution in [0.3, 0.4) is 0 Å². The quantitative estimate of drug-likeness (QED) is 0.831. The van der Waals surface area contributed by atoms with Crippen LogP contribution in [0.4, 0.5) is 5.13 Å². The first-order valence-corrected chi connectivity index (χ1v) is 10.6. The smallest absolute Gasteiger partial charge is 0.263 e. The summed E-state index contributed by atoms with van der Waals surface area (Å²) in [5.41, 5.74) is 0. The van der Waals surface area contributed by atoms with Crippen molar-refractivity contribution in [2.75, 3.05) is 18.4 Å². The SMILES string of the molecule is COc1ccc(S(=O)(=O)Nc2ncc(CN3CCCCC3C)s2)cc1. The van der Waals surface area contributed by atoms with E-state index in [0.29, 0.717) is 16.9 Å². The number of sulfonamides is 1. The number of methoxy groups -OCH3 is 1. The Morgan fingerprint density at radius 2 is 2.08 bits per heavy atom. The van der Waals surface area contributed by atoms with Gasteiger partial charge in [0.2, 0.25) is 0 Å². The van der Waals surface area contributed by atoms with Gasteiger partial charge in [0.05, 0.1) is 12.0 Å². The zero-order chi connectivity index (χ0) is 17.9. The van der Waals surface area contributed by atoms with E-state index >= 15 is 0 Å². The van der Waals surface area contributed by atoms with Crippen molar-refractivity contribution in [3.05, 3.63) is 35.3 Å². The number of thiazole rings is 1. The third kappa shape index (κ3) is 4.50. The van der Waals surface area contributed by atoms with Crippen molar-refractivity contribution in [1.82, 2.24) is 9.88 Å². The predicted molar refractivity (Wildman–Crippen MR) is 99.6 cm³/mol. The molecule has 0 aliphatic carbocycles. The molecule has 1 aliphatic heterocycles. The van der Waals surface area contributed by atoms with Crippen LogP contribution in [0.5, 0.6) is 5.75 Å². The topological polar surface area (TPSA) is 71.5 Å². The number of rotatable bonds is 6. The highest BCUT2D eigenvalue weighted by atomic mass is 32.2. The van der Waals surface area contributed by atoms with Gasteiger partial charge in [-0.05, 0) is 50.6 Å².